The molecule has 2 heterocycles. The molecule has 1 saturated heterocycles. The molecule has 1 aliphatic heterocycles. The fraction of sp³-hybridized carbons (Fsp3) is 0.333. The third-order valence-electron chi connectivity index (χ3n) is 4.93. The molecule has 1 unspecified atom stereocenters. The van der Waals surface area contributed by atoms with Crippen LogP contribution in [-0.4, -0.2) is 35.3 Å². The van der Waals surface area contributed by atoms with E-state index in [0.29, 0.717) is 5.92 Å². The number of carboxylic acids is 1. The molecule has 6 nitrogen and oxygen atoms in total. The van der Waals surface area contributed by atoms with Crippen LogP contribution in [0.5, 0.6) is 0 Å². The highest BCUT2D eigenvalue weighted by Gasteiger charge is 2.38. The number of aromatic nitrogens is 1. The van der Waals surface area contributed by atoms with Gasteiger partial charge in [-0.3, -0.25) is 0 Å². The Labute approximate surface area is 171 Å². The van der Waals surface area contributed by atoms with Gasteiger partial charge in [0.25, 0.3) is 0 Å². The lowest BCUT2D eigenvalue weighted by molar-refractivity contribution is -0.192. The van der Waals surface area contributed by atoms with E-state index in [0.717, 1.165) is 31.1 Å². The summed E-state index contributed by atoms with van der Waals surface area (Å²) in [6.45, 7) is 4.90. The van der Waals surface area contributed by atoms with E-state index in [4.69, 9.17) is 14.3 Å². The maximum atomic E-state index is 10.6. The van der Waals surface area contributed by atoms with Gasteiger partial charge in [-0.1, -0.05) is 42.5 Å². The van der Waals surface area contributed by atoms with Crippen LogP contribution in [0.4, 0.5) is 13.2 Å². The van der Waals surface area contributed by atoms with Crippen LogP contribution in [0.15, 0.2) is 53.3 Å². The van der Waals surface area contributed by atoms with E-state index in [-0.39, 0.29) is 6.04 Å². The van der Waals surface area contributed by atoms with Crippen molar-refractivity contribution in [3.63, 3.8) is 0 Å². The normalized spacial score (nSPS) is 15.2. The van der Waals surface area contributed by atoms with Crippen molar-refractivity contribution in [2.45, 2.75) is 31.6 Å². The lowest BCUT2D eigenvalue weighted by Crippen LogP contribution is -2.40. The monoisotopic (exact) mass is 421 g/mol. The van der Waals surface area contributed by atoms with Gasteiger partial charge >= 0.3 is 12.1 Å². The molecule has 9 heteroatoms. The first-order chi connectivity index (χ1) is 14.3. The molecule has 160 valence electrons. The molecule has 0 amide bonds. The summed E-state index contributed by atoms with van der Waals surface area (Å²) in [6.07, 6.45) is -3.52. The minimum absolute atomic E-state index is 0.255. The number of oxazole rings is 1. The van der Waals surface area contributed by atoms with Crippen LogP contribution in [0.25, 0.3) is 10.8 Å². The first kappa shape index (κ1) is 21.8. The molecule has 0 saturated carbocycles. The van der Waals surface area contributed by atoms with Gasteiger partial charge in [-0.05, 0) is 23.3 Å². The molecule has 0 aliphatic carbocycles. The number of hydrogen-bond acceptors (Lipinski definition) is 5. The van der Waals surface area contributed by atoms with Crippen molar-refractivity contribution in [2.24, 2.45) is 0 Å². The fourth-order valence-corrected chi connectivity index (χ4v) is 3.20. The Morgan fingerprint density at radius 1 is 1.27 bits per heavy atom. The molecule has 2 aromatic carbocycles. The zero-order chi connectivity index (χ0) is 21.7. The summed E-state index contributed by atoms with van der Waals surface area (Å²) in [5.74, 6) is -1.25. The van der Waals surface area contributed by atoms with Crippen LogP contribution in [0.1, 0.15) is 35.9 Å². The molecular formula is C21H22F3N3O3. The van der Waals surface area contributed by atoms with Crippen LogP contribution in [0.2, 0.25) is 0 Å². The predicted octanol–water partition coefficient (Wildman–Crippen LogP) is 4.00. The van der Waals surface area contributed by atoms with Crippen LogP contribution in [0.3, 0.4) is 0 Å². The van der Waals surface area contributed by atoms with E-state index in [1.807, 2.05) is 0 Å². The van der Waals surface area contributed by atoms with Gasteiger partial charge in [0.15, 0.2) is 6.39 Å². The molecular weight excluding hydrogens is 399 g/mol. The Balaban J connectivity index is 0.000000318. The Bertz CT molecular complexity index is 994. The zero-order valence-corrected chi connectivity index (χ0v) is 16.2. The summed E-state index contributed by atoms with van der Waals surface area (Å²) in [4.78, 5) is 13.3. The van der Waals surface area contributed by atoms with E-state index in [1.165, 1.54) is 16.3 Å². The van der Waals surface area contributed by atoms with Gasteiger partial charge in [0.05, 0.1) is 5.69 Å². The molecule has 0 bridgehead atoms. The Morgan fingerprint density at radius 2 is 1.93 bits per heavy atom. The van der Waals surface area contributed by atoms with Gasteiger partial charge in [0.1, 0.15) is 5.76 Å². The highest BCUT2D eigenvalue weighted by Crippen LogP contribution is 2.26. The number of halogens is 3. The molecule has 0 spiro atoms. The number of hydrogen-bond donors (Lipinski definition) is 3. The molecule has 1 fully saturated rings. The van der Waals surface area contributed by atoms with Crippen molar-refractivity contribution in [3.05, 3.63) is 65.9 Å². The van der Waals surface area contributed by atoms with E-state index in [2.05, 4.69) is 65.0 Å². The minimum Gasteiger partial charge on any atom is -0.475 e. The van der Waals surface area contributed by atoms with Gasteiger partial charge < -0.3 is 20.2 Å². The number of benzene rings is 2. The number of fused-ring (bicyclic) bond motifs is 1. The van der Waals surface area contributed by atoms with Crippen molar-refractivity contribution >= 4 is 16.7 Å². The summed E-state index contributed by atoms with van der Waals surface area (Å²) in [5, 5.41) is 16.6. The minimum atomic E-state index is -5.08. The second-order valence-corrected chi connectivity index (χ2v) is 6.99. The number of aliphatic carboxylic acids is 1. The van der Waals surface area contributed by atoms with Crippen LogP contribution < -0.4 is 10.6 Å². The second kappa shape index (κ2) is 9.27. The van der Waals surface area contributed by atoms with E-state index >= 15 is 0 Å². The summed E-state index contributed by atoms with van der Waals surface area (Å²) in [5.41, 5.74) is 2.35. The van der Waals surface area contributed by atoms with Gasteiger partial charge in [0, 0.05) is 31.6 Å². The van der Waals surface area contributed by atoms with Crippen molar-refractivity contribution in [1.29, 1.82) is 0 Å². The molecule has 1 aromatic heterocycles. The van der Waals surface area contributed by atoms with Crippen molar-refractivity contribution in [1.82, 2.24) is 15.6 Å². The van der Waals surface area contributed by atoms with Crippen LogP contribution >= 0.6 is 0 Å². The Hall–Kier alpha value is -2.91. The second-order valence-electron chi connectivity index (χ2n) is 6.99. The third kappa shape index (κ3) is 5.17. The van der Waals surface area contributed by atoms with Crippen LogP contribution in [0, 0.1) is 0 Å². The number of rotatable bonds is 5. The summed E-state index contributed by atoms with van der Waals surface area (Å²) in [7, 11) is 0. The van der Waals surface area contributed by atoms with E-state index in [9.17, 15) is 13.2 Å². The number of carbonyl (C=O) groups is 1. The van der Waals surface area contributed by atoms with E-state index < -0.39 is 12.1 Å². The van der Waals surface area contributed by atoms with Crippen molar-refractivity contribution < 1.29 is 27.5 Å². The maximum Gasteiger partial charge on any atom is 0.490 e. The molecule has 4 rings (SSSR count). The largest absolute Gasteiger partial charge is 0.490 e. The van der Waals surface area contributed by atoms with E-state index in [1.54, 1.807) is 6.39 Å². The summed E-state index contributed by atoms with van der Waals surface area (Å²) < 4.78 is 37.3. The topological polar surface area (TPSA) is 87.4 Å². The molecule has 3 N–H and O–H groups in total. The summed E-state index contributed by atoms with van der Waals surface area (Å²) >= 11 is 0. The average molecular weight is 421 g/mol. The summed E-state index contributed by atoms with van der Waals surface area (Å²) in [6, 6.07) is 15.2. The van der Waals surface area contributed by atoms with Gasteiger partial charge in [-0.15, -0.1) is 0 Å². The highest BCUT2D eigenvalue weighted by atomic mass is 19.4. The SMILES string of the molecule is CC(NCc1ncoc1C1CNC1)c1cccc2ccccc12.O=C(O)C(F)(F)F. The smallest absolute Gasteiger partial charge is 0.475 e. The number of nitrogens with one attached hydrogen (secondary N) is 2. The predicted molar refractivity (Wildman–Crippen MR) is 105 cm³/mol. The lowest BCUT2D eigenvalue weighted by atomic mass is 9.98. The highest BCUT2D eigenvalue weighted by molar-refractivity contribution is 5.86. The van der Waals surface area contributed by atoms with Crippen LogP contribution in [-0.2, 0) is 11.3 Å². The van der Waals surface area contributed by atoms with Gasteiger partial charge in [-0.25, -0.2) is 9.78 Å². The Morgan fingerprint density at radius 3 is 2.57 bits per heavy atom. The number of nitrogens with zero attached hydrogens (tertiary/aromatic N) is 1. The average Bonchev–Trinajstić information content (AvgIpc) is 3.12. The lowest BCUT2D eigenvalue weighted by Gasteiger charge is -2.25. The van der Waals surface area contributed by atoms with Gasteiger partial charge in [0.2, 0.25) is 0 Å². The first-order valence-corrected chi connectivity index (χ1v) is 9.41. The first-order valence-electron chi connectivity index (χ1n) is 9.41. The molecule has 0 radical (unpaired) electrons. The molecule has 3 aromatic rings. The fourth-order valence-electron chi connectivity index (χ4n) is 3.20. The Kier molecular flexibility index (Phi) is 6.73. The third-order valence-corrected chi connectivity index (χ3v) is 4.93. The van der Waals surface area contributed by atoms with Gasteiger partial charge in [-0.2, -0.15) is 13.2 Å². The molecule has 1 aliphatic rings. The molecule has 30 heavy (non-hydrogen) atoms. The number of carboxylic acid groups (broad SMARTS) is 1. The number of alkyl halides is 3. The quantitative estimate of drug-likeness (QED) is 0.577. The zero-order valence-electron chi connectivity index (χ0n) is 16.2. The van der Waals surface area contributed by atoms with Crippen molar-refractivity contribution in [2.75, 3.05) is 13.1 Å². The molecule has 1 atom stereocenters. The maximum absolute atomic E-state index is 10.6. The van der Waals surface area contributed by atoms with Crippen molar-refractivity contribution in [3.8, 4) is 0 Å². The standard InChI is InChI=1S/C19H21N3O.C2HF3O2/c1-13(16-8-4-6-14-5-2-3-7-17(14)16)21-11-18-19(23-12-22-18)15-9-20-10-15;3-2(4,5)1(6)7/h2-8,12-13,15,20-21H,9-11H2,1H3;(H,6,7).